The minimum absolute atomic E-state index is 0.460. The van der Waals surface area contributed by atoms with E-state index in [1.165, 1.54) is 0 Å². The Hall–Kier alpha value is -2.12. The van der Waals surface area contributed by atoms with E-state index in [0.29, 0.717) is 4.90 Å². The van der Waals surface area contributed by atoms with Gasteiger partial charge in [-0.05, 0) is 0 Å². The van der Waals surface area contributed by atoms with Crippen molar-refractivity contribution in [1.29, 1.82) is 0 Å². The topological polar surface area (TPSA) is 190 Å². The summed E-state index contributed by atoms with van der Waals surface area (Å²) in [7, 11) is 0. The number of rotatable bonds is 2. The Balaban J connectivity index is 2.00. The predicted molar refractivity (Wildman–Crippen MR) is 67.1 cm³/mol. The standard InChI is InChI=1S/C10H13N5O7/c11-8-13-6(19)5-10(21,14-8)15(9(20)12-5)7-4(18)3(17)2(1-16)22-7/h2-4,7,16-18,21H,1H2,(H3,11,13,14,19)/t2-,3?,4?,7-,10?/m1/s1. The molecule has 1 saturated heterocycles. The van der Waals surface area contributed by atoms with Crippen molar-refractivity contribution in [2.45, 2.75) is 30.4 Å². The van der Waals surface area contributed by atoms with Crippen LogP contribution in [0.25, 0.3) is 0 Å². The maximum Gasteiger partial charge on any atom is 0.350 e. The Bertz CT molecular complexity index is 606. The fraction of sp³-hybridized carbons (Fsp3) is 0.600. The molecule has 3 amide bonds. The van der Waals surface area contributed by atoms with Gasteiger partial charge in [-0.25, -0.2) is 9.69 Å². The van der Waals surface area contributed by atoms with Crippen molar-refractivity contribution in [3.05, 3.63) is 0 Å². The van der Waals surface area contributed by atoms with Gasteiger partial charge in [-0.15, -0.1) is 0 Å². The molecule has 0 aromatic rings. The van der Waals surface area contributed by atoms with Gasteiger partial charge in [0.25, 0.3) is 11.8 Å². The first-order chi connectivity index (χ1) is 10.3. The van der Waals surface area contributed by atoms with Crippen LogP contribution in [0.15, 0.2) is 9.98 Å². The summed E-state index contributed by atoms with van der Waals surface area (Å²) in [5, 5.41) is 41.3. The normalized spacial score (nSPS) is 41.2. The second-order valence-corrected chi connectivity index (χ2v) is 4.93. The van der Waals surface area contributed by atoms with E-state index in [-0.39, 0.29) is 0 Å². The van der Waals surface area contributed by atoms with Gasteiger partial charge >= 0.3 is 6.03 Å². The molecule has 0 aromatic carbocycles. The molecule has 0 spiro atoms. The van der Waals surface area contributed by atoms with Gasteiger partial charge in [-0.1, -0.05) is 0 Å². The summed E-state index contributed by atoms with van der Waals surface area (Å²) in [5.74, 6) is -3.95. The largest absolute Gasteiger partial charge is 0.394 e. The number of aliphatic hydroxyl groups excluding tert-OH is 3. The zero-order valence-electron chi connectivity index (χ0n) is 10.9. The van der Waals surface area contributed by atoms with Crippen LogP contribution in [0.4, 0.5) is 4.79 Å². The Morgan fingerprint density at radius 2 is 2.05 bits per heavy atom. The molecule has 7 N–H and O–H groups in total. The molecule has 0 saturated carbocycles. The fourth-order valence-corrected chi connectivity index (χ4v) is 2.53. The quantitative estimate of drug-likeness (QED) is 0.293. The molecule has 3 aliphatic rings. The SMILES string of the molecule is NC1=NC2(O)C(=NC(=O)N2[C@@H]2O[C@H](CO)C(O)C2O)C(=O)N1. The summed E-state index contributed by atoms with van der Waals surface area (Å²) in [6.45, 7) is -0.630. The van der Waals surface area contributed by atoms with Crippen LogP contribution in [0.2, 0.25) is 0 Å². The second-order valence-electron chi connectivity index (χ2n) is 4.93. The van der Waals surface area contributed by atoms with E-state index in [1.54, 1.807) is 0 Å². The summed E-state index contributed by atoms with van der Waals surface area (Å²) < 4.78 is 5.15. The molecule has 5 atom stereocenters. The van der Waals surface area contributed by atoms with E-state index in [2.05, 4.69) is 15.3 Å². The van der Waals surface area contributed by atoms with Gasteiger partial charge in [0.1, 0.15) is 18.3 Å². The number of guanidine groups is 1. The van der Waals surface area contributed by atoms with Gasteiger partial charge in [-0.2, -0.15) is 9.98 Å². The molecular weight excluding hydrogens is 302 g/mol. The third-order valence-corrected chi connectivity index (χ3v) is 3.57. The zero-order valence-corrected chi connectivity index (χ0v) is 10.9. The van der Waals surface area contributed by atoms with Crippen LogP contribution in [-0.4, -0.2) is 85.9 Å². The van der Waals surface area contributed by atoms with E-state index >= 15 is 0 Å². The molecule has 3 aliphatic heterocycles. The molecule has 0 radical (unpaired) electrons. The lowest BCUT2D eigenvalue weighted by Crippen LogP contribution is -2.64. The first-order valence-electron chi connectivity index (χ1n) is 6.23. The number of nitrogens with zero attached hydrogens (tertiary/aromatic N) is 3. The molecule has 3 heterocycles. The number of ether oxygens (including phenoxy) is 1. The van der Waals surface area contributed by atoms with Crippen LogP contribution in [0, 0.1) is 0 Å². The third kappa shape index (κ3) is 1.82. The number of nitrogens with two attached hydrogens (primary N) is 1. The van der Waals surface area contributed by atoms with Crippen molar-refractivity contribution in [3.63, 3.8) is 0 Å². The van der Waals surface area contributed by atoms with Crippen LogP contribution in [0.3, 0.4) is 0 Å². The zero-order chi connectivity index (χ0) is 16.2. The second kappa shape index (κ2) is 4.69. The van der Waals surface area contributed by atoms with Crippen molar-refractivity contribution < 1.29 is 34.8 Å². The van der Waals surface area contributed by atoms with Crippen LogP contribution in [0.1, 0.15) is 0 Å². The van der Waals surface area contributed by atoms with Crippen molar-refractivity contribution in [3.8, 4) is 0 Å². The van der Waals surface area contributed by atoms with Crippen molar-refractivity contribution >= 4 is 23.6 Å². The number of fused-ring (bicyclic) bond motifs is 1. The fourth-order valence-electron chi connectivity index (χ4n) is 2.53. The number of urea groups is 1. The third-order valence-electron chi connectivity index (χ3n) is 3.57. The van der Waals surface area contributed by atoms with E-state index in [9.17, 15) is 24.9 Å². The first-order valence-corrected chi connectivity index (χ1v) is 6.23. The Kier molecular flexibility index (Phi) is 3.15. The summed E-state index contributed by atoms with van der Waals surface area (Å²) in [4.78, 5) is 31.1. The molecule has 0 aliphatic carbocycles. The summed E-state index contributed by atoms with van der Waals surface area (Å²) in [6, 6.07) is -1.11. The Labute approximate surface area is 122 Å². The number of carbonyl (C=O) groups excluding carboxylic acids is 2. The molecule has 3 rings (SSSR count). The van der Waals surface area contributed by atoms with Gasteiger partial charge in [0, 0.05) is 0 Å². The van der Waals surface area contributed by atoms with E-state index in [1.807, 2.05) is 0 Å². The van der Waals surface area contributed by atoms with Gasteiger partial charge in [0.15, 0.2) is 17.9 Å². The highest BCUT2D eigenvalue weighted by atomic mass is 16.6. The number of hydrogen-bond acceptors (Lipinski definition) is 9. The van der Waals surface area contributed by atoms with Crippen LogP contribution in [0.5, 0.6) is 0 Å². The number of nitrogens with one attached hydrogen (secondary N) is 1. The number of aliphatic hydroxyl groups is 4. The number of aliphatic imine (C=N–C) groups is 2. The average Bonchev–Trinajstić information content (AvgIpc) is 2.85. The lowest BCUT2D eigenvalue weighted by molar-refractivity contribution is -0.146. The van der Waals surface area contributed by atoms with E-state index < -0.39 is 60.6 Å². The monoisotopic (exact) mass is 315 g/mol. The summed E-state index contributed by atoms with van der Waals surface area (Å²) in [6.07, 6.45) is -5.91. The number of carbonyl (C=O) groups is 2. The molecule has 22 heavy (non-hydrogen) atoms. The van der Waals surface area contributed by atoms with E-state index in [0.717, 1.165) is 0 Å². The van der Waals surface area contributed by atoms with Crippen molar-refractivity contribution in [1.82, 2.24) is 10.2 Å². The Morgan fingerprint density at radius 1 is 1.36 bits per heavy atom. The highest BCUT2D eigenvalue weighted by molar-refractivity contribution is 6.48. The number of hydrogen-bond donors (Lipinski definition) is 6. The molecule has 0 bridgehead atoms. The van der Waals surface area contributed by atoms with Crippen LogP contribution < -0.4 is 11.1 Å². The van der Waals surface area contributed by atoms with Crippen molar-refractivity contribution in [2.75, 3.05) is 6.61 Å². The highest BCUT2D eigenvalue weighted by Gasteiger charge is 2.61. The first kappa shape index (κ1) is 14.8. The van der Waals surface area contributed by atoms with Gasteiger partial charge < -0.3 is 30.9 Å². The van der Waals surface area contributed by atoms with Gasteiger partial charge in [-0.3, -0.25) is 10.1 Å². The number of amides is 3. The molecule has 12 nitrogen and oxygen atoms in total. The molecular formula is C10H13N5O7. The molecule has 0 aromatic heterocycles. The van der Waals surface area contributed by atoms with Gasteiger partial charge in [0.2, 0.25) is 0 Å². The average molecular weight is 315 g/mol. The molecule has 120 valence electrons. The van der Waals surface area contributed by atoms with E-state index in [4.69, 9.17) is 15.6 Å². The van der Waals surface area contributed by atoms with Crippen LogP contribution >= 0.6 is 0 Å². The van der Waals surface area contributed by atoms with Gasteiger partial charge in [0.05, 0.1) is 6.61 Å². The lowest BCUT2D eigenvalue weighted by atomic mass is 10.1. The highest BCUT2D eigenvalue weighted by Crippen LogP contribution is 2.34. The van der Waals surface area contributed by atoms with Crippen LogP contribution in [-0.2, 0) is 9.53 Å². The maximum atomic E-state index is 12.0. The van der Waals surface area contributed by atoms with Crippen molar-refractivity contribution in [2.24, 2.45) is 15.7 Å². The summed E-state index contributed by atoms with van der Waals surface area (Å²) >= 11 is 0. The molecule has 1 fully saturated rings. The Morgan fingerprint density at radius 3 is 2.64 bits per heavy atom. The minimum Gasteiger partial charge on any atom is -0.394 e. The summed E-state index contributed by atoms with van der Waals surface area (Å²) in [5.41, 5.74) is 4.73. The predicted octanol–water partition coefficient (Wildman–Crippen LogP) is -4.61. The smallest absolute Gasteiger partial charge is 0.350 e. The minimum atomic E-state index is -2.56. The maximum absolute atomic E-state index is 12.0. The molecule has 12 heteroatoms. The molecule has 3 unspecified atom stereocenters. The lowest BCUT2D eigenvalue weighted by Gasteiger charge is -2.36.